The Morgan fingerprint density at radius 3 is 2.58 bits per heavy atom. The summed E-state index contributed by atoms with van der Waals surface area (Å²) in [4.78, 5) is 10.2. The van der Waals surface area contributed by atoms with Gasteiger partial charge in [0.1, 0.15) is 0 Å². The first-order valence-corrected chi connectivity index (χ1v) is 3.47. The first-order chi connectivity index (χ1) is 5.52. The van der Waals surface area contributed by atoms with Gasteiger partial charge in [-0.25, -0.2) is 4.79 Å². The Kier molecular flexibility index (Phi) is 4.52. The summed E-state index contributed by atoms with van der Waals surface area (Å²) < 4.78 is 0. The molecule has 0 saturated heterocycles. The molecule has 0 bridgehead atoms. The lowest BCUT2D eigenvalue weighted by Gasteiger charge is -2.03. The minimum Gasteiger partial charge on any atom is -0.351 e. The van der Waals surface area contributed by atoms with Gasteiger partial charge < -0.3 is 16.1 Å². The van der Waals surface area contributed by atoms with Crippen molar-refractivity contribution in [3.63, 3.8) is 0 Å². The minimum atomic E-state index is -0.580. The van der Waals surface area contributed by atoms with Crippen molar-refractivity contribution in [2.75, 3.05) is 14.1 Å². The van der Waals surface area contributed by atoms with Gasteiger partial charge in [0.15, 0.2) is 0 Å². The number of urea groups is 1. The van der Waals surface area contributed by atoms with Crippen LogP contribution in [0.1, 0.15) is 6.92 Å². The third-order valence-corrected chi connectivity index (χ3v) is 0.908. The van der Waals surface area contributed by atoms with Crippen LogP contribution in [0.15, 0.2) is 17.4 Å². The van der Waals surface area contributed by atoms with Gasteiger partial charge in [-0.15, -0.1) is 0 Å². The van der Waals surface area contributed by atoms with Gasteiger partial charge in [-0.3, -0.25) is 0 Å². The number of nitrogens with zero attached hydrogens (tertiary/aromatic N) is 2. The fraction of sp³-hybridized carbons (Fsp3) is 0.429. The van der Waals surface area contributed by atoms with E-state index in [0.717, 1.165) is 5.71 Å². The van der Waals surface area contributed by atoms with Gasteiger partial charge in [0, 0.05) is 20.3 Å². The summed E-state index contributed by atoms with van der Waals surface area (Å²) >= 11 is 0. The van der Waals surface area contributed by atoms with E-state index in [1.54, 1.807) is 11.1 Å². The van der Waals surface area contributed by atoms with Crippen molar-refractivity contribution in [1.82, 2.24) is 10.3 Å². The average molecular weight is 170 g/mol. The molecule has 0 radical (unpaired) electrons. The van der Waals surface area contributed by atoms with Crippen molar-refractivity contribution in [2.45, 2.75) is 6.92 Å². The molecule has 5 nitrogen and oxygen atoms in total. The number of rotatable bonds is 3. The van der Waals surface area contributed by atoms with Crippen molar-refractivity contribution < 1.29 is 4.79 Å². The van der Waals surface area contributed by atoms with Crippen LogP contribution < -0.4 is 11.1 Å². The maximum absolute atomic E-state index is 10.2. The van der Waals surface area contributed by atoms with E-state index in [4.69, 9.17) is 5.73 Å². The van der Waals surface area contributed by atoms with Gasteiger partial charge in [0.2, 0.25) is 0 Å². The largest absolute Gasteiger partial charge is 0.351 e. The molecule has 0 aromatic rings. The first-order valence-electron chi connectivity index (χ1n) is 3.47. The van der Waals surface area contributed by atoms with Crippen molar-refractivity contribution in [1.29, 1.82) is 0 Å². The second-order valence-electron chi connectivity index (χ2n) is 2.43. The zero-order chi connectivity index (χ0) is 9.56. The van der Waals surface area contributed by atoms with Gasteiger partial charge in [-0.05, 0) is 13.0 Å². The summed E-state index contributed by atoms with van der Waals surface area (Å²) in [5.74, 6) is 0. The predicted molar refractivity (Wildman–Crippen MR) is 48.7 cm³/mol. The van der Waals surface area contributed by atoms with Gasteiger partial charge in [0.05, 0.1) is 5.71 Å². The number of primary amides is 1. The molecule has 0 heterocycles. The van der Waals surface area contributed by atoms with E-state index in [9.17, 15) is 4.79 Å². The number of carbonyl (C=O) groups is 1. The monoisotopic (exact) mass is 170 g/mol. The molecule has 5 heteroatoms. The molecular formula is C7H14N4O. The Hall–Kier alpha value is -1.52. The van der Waals surface area contributed by atoms with Crippen LogP contribution >= 0.6 is 0 Å². The number of hydrogen-bond acceptors (Lipinski definition) is 3. The lowest BCUT2D eigenvalue weighted by atomic mass is 10.4. The highest BCUT2D eigenvalue weighted by Gasteiger charge is 1.86. The van der Waals surface area contributed by atoms with E-state index in [-0.39, 0.29) is 0 Å². The summed E-state index contributed by atoms with van der Waals surface area (Å²) in [6.07, 6.45) is 3.11. The minimum absolute atomic E-state index is 0.580. The van der Waals surface area contributed by atoms with Crippen LogP contribution in [-0.4, -0.2) is 30.8 Å². The average Bonchev–Trinajstić information content (AvgIpc) is 1.84. The van der Waals surface area contributed by atoms with Crippen LogP contribution in [0.25, 0.3) is 0 Å². The molecule has 0 spiro atoms. The molecule has 0 unspecified atom stereocenters. The number of allylic oxidation sites excluding steroid dienone is 1. The summed E-state index contributed by atoms with van der Waals surface area (Å²) in [7, 11) is 3.64. The highest BCUT2D eigenvalue weighted by Crippen LogP contribution is 1.82. The number of hydrazone groups is 1. The van der Waals surface area contributed by atoms with E-state index >= 15 is 0 Å². The van der Waals surface area contributed by atoms with E-state index in [1.807, 2.05) is 21.0 Å². The lowest BCUT2D eigenvalue weighted by molar-refractivity contribution is 0.252. The molecule has 2 amide bonds. The summed E-state index contributed by atoms with van der Waals surface area (Å²) in [6.45, 7) is 1.82. The van der Waals surface area contributed by atoms with Crippen molar-refractivity contribution in [3.05, 3.63) is 12.3 Å². The maximum atomic E-state index is 10.2. The Balaban J connectivity index is 3.90. The first kappa shape index (κ1) is 10.5. The van der Waals surface area contributed by atoms with Crippen LogP contribution in [0.2, 0.25) is 0 Å². The van der Waals surface area contributed by atoms with Crippen molar-refractivity contribution in [2.24, 2.45) is 10.8 Å². The topological polar surface area (TPSA) is 70.7 Å². The van der Waals surface area contributed by atoms with Crippen molar-refractivity contribution >= 4 is 11.7 Å². The van der Waals surface area contributed by atoms with Crippen LogP contribution in [-0.2, 0) is 0 Å². The lowest BCUT2D eigenvalue weighted by Crippen LogP contribution is -2.24. The third-order valence-electron chi connectivity index (χ3n) is 0.908. The summed E-state index contributed by atoms with van der Waals surface area (Å²) in [6, 6.07) is -0.580. The summed E-state index contributed by atoms with van der Waals surface area (Å²) in [5, 5.41) is 8.02. The molecule has 0 atom stereocenters. The van der Waals surface area contributed by atoms with E-state index in [0.29, 0.717) is 0 Å². The highest BCUT2D eigenvalue weighted by atomic mass is 16.2. The maximum Gasteiger partial charge on any atom is 0.316 e. The van der Waals surface area contributed by atoms with Crippen molar-refractivity contribution in [3.8, 4) is 0 Å². The molecule has 12 heavy (non-hydrogen) atoms. The number of nitrogens with one attached hydrogen (secondary N) is 1. The van der Waals surface area contributed by atoms with Crippen LogP contribution in [0.4, 0.5) is 4.79 Å². The zero-order valence-corrected chi connectivity index (χ0v) is 7.53. The van der Waals surface area contributed by atoms with Gasteiger partial charge in [0.25, 0.3) is 0 Å². The number of nitrogens with two attached hydrogens (primary N) is 1. The molecule has 0 aliphatic carbocycles. The Bertz CT molecular complexity index is 207. The van der Waals surface area contributed by atoms with Gasteiger partial charge >= 0.3 is 6.03 Å². The van der Waals surface area contributed by atoms with Gasteiger partial charge in [-0.2, -0.15) is 5.10 Å². The molecular weight excluding hydrogens is 156 g/mol. The van der Waals surface area contributed by atoms with Crippen LogP contribution in [0.3, 0.4) is 0 Å². The summed E-state index contributed by atoms with van der Waals surface area (Å²) in [5.41, 5.74) is 5.61. The zero-order valence-electron chi connectivity index (χ0n) is 7.53. The third kappa shape index (κ3) is 6.60. The van der Waals surface area contributed by atoms with Crippen LogP contribution in [0, 0.1) is 0 Å². The fourth-order valence-electron chi connectivity index (χ4n) is 0.593. The Morgan fingerprint density at radius 1 is 1.58 bits per heavy atom. The SMILES string of the molecule is CC(/C=C/NC(N)=O)=N/N(C)C. The second kappa shape index (κ2) is 5.17. The molecule has 0 fully saturated rings. The fourth-order valence-corrected chi connectivity index (χ4v) is 0.593. The number of carbonyl (C=O) groups excluding carboxylic acids is 1. The second-order valence-corrected chi connectivity index (χ2v) is 2.43. The quantitative estimate of drug-likeness (QED) is 0.466. The smallest absolute Gasteiger partial charge is 0.316 e. The molecule has 3 N–H and O–H groups in total. The van der Waals surface area contributed by atoms with Crippen LogP contribution in [0.5, 0.6) is 0 Å². The Morgan fingerprint density at radius 2 is 2.17 bits per heavy atom. The molecule has 0 saturated carbocycles. The predicted octanol–water partition coefficient (Wildman–Crippen LogP) is 0.106. The normalized spacial score (nSPS) is 11.8. The molecule has 0 aliphatic heterocycles. The molecule has 68 valence electrons. The van der Waals surface area contributed by atoms with E-state index in [2.05, 4.69) is 10.4 Å². The standard InChI is InChI=1S/C7H14N4O/c1-6(10-11(2)3)4-5-9-7(8)12/h4-5H,1-3H3,(H3,8,9,12)/b5-4+,10-6-. The van der Waals surface area contributed by atoms with E-state index in [1.165, 1.54) is 6.20 Å². The number of amides is 2. The Labute approximate surface area is 71.9 Å². The molecule has 0 aromatic carbocycles. The molecule has 0 aromatic heterocycles. The number of hydrogen-bond donors (Lipinski definition) is 2. The van der Waals surface area contributed by atoms with E-state index < -0.39 is 6.03 Å². The molecule has 0 aliphatic rings. The highest BCUT2D eigenvalue weighted by molar-refractivity contribution is 5.92. The molecule has 0 rings (SSSR count). The van der Waals surface area contributed by atoms with Gasteiger partial charge in [-0.1, -0.05) is 0 Å².